The standard InChI is InChI=1S/C37H40BrN3O6S/c1-46-34-22-21-32(24-35(34)47-2)48(44,45)41(31-15-7-4-8-16-31)26-36(42)40(25-28-17-19-29(38)20-18-28)33(23-27-11-5-3-6-12-27)37(43)39-30-13-9-10-14-30/h3-8,11-12,15-22,24,30,33H,9-10,13-14,23,25-26H2,1-2H3,(H,39,43)/t33-/m0/s1. The molecule has 0 saturated heterocycles. The van der Waals surface area contributed by atoms with Crippen LogP contribution >= 0.6 is 15.9 Å². The number of anilines is 1. The number of hydrogen-bond acceptors (Lipinski definition) is 6. The van der Waals surface area contributed by atoms with Crippen LogP contribution in [0.2, 0.25) is 0 Å². The summed E-state index contributed by atoms with van der Waals surface area (Å²) in [4.78, 5) is 30.2. The summed E-state index contributed by atoms with van der Waals surface area (Å²) in [5.74, 6) is -0.170. The highest BCUT2D eigenvalue weighted by atomic mass is 79.9. The predicted octanol–water partition coefficient (Wildman–Crippen LogP) is 6.36. The first kappa shape index (κ1) is 35.0. The van der Waals surface area contributed by atoms with Crippen LogP contribution < -0.4 is 19.1 Å². The molecule has 1 aliphatic carbocycles. The Labute approximate surface area is 291 Å². The number of halogens is 1. The van der Waals surface area contributed by atoms with Gasteiger partial charge in [-0.1, -0.05) is 89.4 Å². The zero-order chi connectivity index (χ0) is 34.1. The Hall–Kier alpha value is -4.35. The molecular weight excluding hydrogens is 694 g/mol. The van der Waals surface area contributed by atoms with Crippen molar-refractivity contribution in [1.29, 1.82) is 0 Å². The number of rotatable bonds is 14. The molecule has 4 aromatic rings. The SMILES string of the molecule is COc1ccc(S(=O)(=O)N(CC(=O)N(Cc2ccc(Br)cc2)[C@@H](Cc2ccccc2)C(=O)NC2CCCC2)c2ccccc2)cc1OC. The quantitative estimate of drug-likeness (QED) is 0.162. The fraction of sp³-hybridized carbons (Fsp3) is 0.297. The van der Waals surface area contributed by atoms with E-state index in [1.54, 1.807) is 30.3 Å². The largest absolute Gasteiger partial charge is 0.493 e. The summed E-state index contributed by atoms with van der Waals surface area (Å²) in [6.07, 6.45) is 4.10. The molecule has 11 heteroatoms. The molecule has 0 aliphatic heterocycles. The molecule has 1 fully saturated rings. The van der Waals surface area contributed by atoms with E-state index in [1.807, 2.05) is 54.6 Å². The molecule has 2 amide bonds. The second-order valence-electron chi connectivity index (χ2n) is 11.7. The first-order chi connectivity index (χ1) is 23.2. The number of hydrogen-bond donors (Lipinski definition) is 1. The third kappa shape index (κ3) is 8.56. The number of methoxy groups -OCH3 is 2. The molecule has 252 valence electrons. The van der Waals surface area contributed by atoms with Gasteiger partial charge in [0, 0.05) is 29.5 Å². The molecule has 48 heavy (non-hydrogen) atoms. The lowest BCUT2D eigenvalue weighted by Crippen LogP contribution is -2.54. The monoisotopic (exact) mass is 733 g/mol. The third-order valence-corrected chi connectivity index (χ3v) is 10.8. The molecule has 1 atom stereocenters. The second-order valence-corrected chi connectivity index (χ2v) is 14.5. The molecule has 1 N–H and O–H groups in total. The van der Waals surface area contributed by atoms with Gasteiger partial charge in [-0.2, -0.15) is 0 Å². The molecule has 5 rings (SSSR count). The minimum Gasteiger partial charge on any atom is -0.493 e. The van der Waals surface area contributed by atoms with Gasteiger partial charge in [0.15, 0.2) is 11.5 Å². The van der Waals surface area contributed by atoms with Crippen molar-refractivity contribution < 1.29 is 27.5 Å². The van der Waals surface area contributed by atoms with Crippen LogP contribution in [0.25, 0.3) is 0 Å². The molecular formula is C37H40BrN3O6S. The van der Waals surface area contributed by atoms with Crippen LogP contribution in [0.3, 0.4) is 0 Å². The Balaban J connectivity index is 1.56. The Kier molecular flexibility index (Phi) is 11.8. The van der Waals surface area contributed by atoms with Gasteiger partial charge in [-0.15, -0.1) is 0 Å². The molecule has 0 spiro atoms. The Bertz CT molecular complexity index is 1780. The van der Waals surface area contributed by atoms with Gasteiger partial charge in [-0.05, 0) is 60.4 Å². The average Bonchev–Trinajstić information content (AvgIpc) is 3.62. The number of nitrogens with one attached hydrogen (secondary N) is 1. The zero-order valence-corrected chi connectivity index (χ0v) is 29.5. The van der Waals surface area contributed by atoms with Crippen molar-refractivity contribution in [2.75, 3.05) is 25.1 Å². The summed E-state index contributed by atoms with van der Waals surface area (Å²) in [5.41, 5.74) is 1.99. The first-order valence-corrected chi connectivity index (χ1v) is 18.1. The number of para-hydroxylation sites is 1. The normalized spacial score (nSPS) is 13.8. The molecule has 0 heterocycles. The van der Waals surface area contributed by atoms with Crippen molar-refractivity contribution in [3.05, 3.63) is 119 Å². The Morgan fingerprint density at radius 2 is 1.46 bits per heavy atom. The zero-order valence-electron chi connectivity index (χ0n) is 27.0. The van der Waals surface area contributed by atoms with Crippen molar-refractivity contribution >= 4 is 43.5 Å². The summed E-state index contributed by atoms with van der Waals surface area (Å²) < 4.78 is 41.4. The molecule has 0 unspecified atom stereocenters. The lowest BCUT2D eigenvalue weighted by molar-refractivity contribution is -0.140. The minimum atomic E-state index is -4.30. The van der Waals surface area contributed by atoms with E-state index in [9.17, 15) is 18.0 Å². The van der Waals surface area contributed by atoms with Crippen LogP contribution in [0.15, 0.2) is 112 Å². The van der Waals surface area contributed by atoms with Crippen molar-refractivity contribution in [3.63, 3.8) is 0 Å². The molecule has 1 aliphatic rings. The van der Waals surface area contributed by atoms with Crippen molar-refractivity contribution in [1.82, 2.24) is 10.2 Å². The maximum atomic E-state index is 14.7. The first-order valence-electron chi connectivity index (χ1n) is 15.9. The highest BCUT2D eigenvalue weighted by molar-refractivity contribution is 9.10. The second kappa shape index (κ2) is 16.2. The van der Waals surface area contributed by atoms with E-state index >= 15 is 0 Å². The van der Waals surface area contributed by atoms with Crippen molar-refractivity contribution in [3.8, 4) is 11.5 Å². The third-order valence-electron chi connectivity index (χ3n) is 8.50. The van der Waals surface area contributed by atoms with Crippen LogP contribution in [0.1, 0.15) is 36.8 Å². The summed E-state index contributed by atoms with van der Waals surface area (Å²) in [6, 6.07) is 29.0. The van der Waals surface area contributed by atoms with E-state index < -0.39 is 28.5 Å². The van der Waals surface area contributed by atoms with Gasteiger partial charge in [-0.25, -0.2) is 8.42 Å². The highest BCUT2D eigenvalue weighted by Gasteiger charge is 2.35. The molecule has 0 aromatic heterocycles. The summed E-state index contributed by atoms with van der Waals surface area (Å²) >= 11 is 3.47. The van der Waals surface area contributed by atoms with Gasteiger partial charge in [0.1, 0.15) is 12.6 Å². The van der Waals surface area contributed by atoms with E-state index in [2.05, 4.69) is 21.2 Å². The number of carbonyl (C=O) groups excluding carboxylic acids is 2. The Morgan fingerprint density at radius 3 is 2.08 bits per heavy atom. The number of benzene rings is 4. The molecule has 0 bridgehead atoms. The van der Waals surface area contributed by atoms with Crippen LogP contribution in [0, 0.1) is 0 Å². The van der Waals surface area contributed by atoms with Crippen LogP contribution in [-0.2, 0) is 32.6 Å². The van der Waals surface area contributed by atoms with Gasteiger partial charge in [0.2, 0.25) is 11.8 Å². The van der Waals surface area contributed by atoms with E-state index in [1.165, 1.54) is 37.3 Å². The van der Waals surface area contributed by atoms with Crippen molar-refractivity contribution in [2.45, 2.75) is 55.6 Å². The van der Waals surface area contributed by atoms with E-state index in [0.717, 1.165) is 45.6 Å². The number of carbonyl (C=O) groups is 2. The topological polar surface area (TPSA) is 105 Å². The van der Waals surface area contributed by atoms with Crippen LogP contribution in [0.5, 0.6) is 11.5 Å². The van der Waals surface area contributed by atoms with E-state index in [4.69, 9.17) is 9.47 Å². The number of ether oxygens (including phenoxy) is 2. The van der Waals surface area contributed by atoms with Crippen LogP contribution in [0.4, 0.5) is 5.69 Å². The maximum absolute atomic E-state index is 14.7. The number of sulfonamides is 1. The minimum absolute atomic E-state index is 0.0339. The van der Waals surface area contributed by atoms with Crippen LogP contribution in [-0.4, -0.2) is 58.0 Å². The summed E-state index contributed by atoms with van der Waals surface area (Å²) in [6.45, 7) is -0.444. The highest BCUT2D eigenvalue weighted by Crippen LogP contribution is 2.32. The van der Waals surface area contributed by atoms with Gasteiger partial charge in [0.25, 0.3) is 10.0 Å². The lowest BCUT2D eigenvalue weighted by Gasteiger charge is -2.34. The number of nitrogens with zero attached hydrogens (tertiary/aromatic N) is 2. The molecule has 9 nitrogen and oxygen atoms in total. The van der Waals surface area contributed by atoms with Crippen molar-refractivity contribution in [2.24, 2.45) is 0 Å². The smallest absolute Gasteiger partial charge is 0.264 e. The van der Waals surface area contributed by atoms with Gasteiger partial charge in [0.05, 0.1) is 24.8 Å². The average molecular weight is 735 g/mol. The maximum Gasteiger partial charge on any atom is 0.264 e. The molecule has 4 aromatic carbocycles. The molecule has 0 radical (unpaired) electrons. The number of amides is 2. The van der Waals surface area contributed by atoms with E-state index in [-0.39, 0.29) is 35.6 Å². The van der Waals surface area contributed by atoms with Gasteiger partial charge < -0.3 is 19.7 Å². The lowest BCUT2D eigenvalue weighted by atomic mass is 10.0. The van der Waals surface area contributed by atoms with Gasteiger partial charge >= 0.3 is 0 Å². The molecule has 1 saturated carbocycles. The van der Waals surface area contributed by atoms with Gasteiger partial charge in [-0.3, -0.25) is 13.9 Å². The summed E-state index contributed by atoms with van der Waals surface area (Å²) in [7, 11) is -1.40. The Morgan fingerprint density at radius 1 is 0.833 bits per heavy atom. The summed E-state index contributed by atoms with van der Waals surface area (Å²) in [5, 5.41) is 3.20. The fourth-order valence-electron chi connectivity index (χ4n) is 5.94. The fourth-order valence-corrected chi connectivity index (χ4v) is 7.63. The van der Waals surface area contributed by atoms with E-state index in [0.29, 0.717) is 11.4 Å². The predicted molar refractivity (Wildman–Crippen MR) is 190 cm³/mol.